The Hall–Kier alpha value is -2.35. The first kappa shape index (κ1) is 18.4. The molecule has 0 aromatic carbocycles. The number of nitrogens with one attached hydrogen (secondary N) is 2. The topological polar surface area (TPSA) is 93.1 Å². The van der Waals surface area contributed by atoms with E-state index < -0.39 is 16.1 Å². The van der Waals surface area contributed by atoms with Crippen molar-refractivity contribution in [2.45, 2.75) is 50.0 Å². The second-order valence-corrected chi connectivity index (χ2v) is 8.27. The molecule has 3 rings (SSSR count). The van der Waals surface area contributed by atoms with Crippen LogP contribution >= 0.6 is 0 Å². The fourth-order valence-corrected chi connectivity index (χ4v) is 4.51. The molecule has 1 fully saturated rings. The van der Waals surface area contributed by atoms with Crippen LogP contribution in [0.5, 0.6) is 0 Å². The lowest BCUT2D eigenvalue weighted by molar-refractivity contribution is 0.248. The number of aryl methyl sites for hydroxylation is 1. The minimum Gasteiger partial charge on any atom is -0.307 e. The molecule has 2 aliphatic carbocycles. The number of allylic oxidation sites excluding steroid dienone is 4. The molecule has 0 saturated heterocycles. The van der Waals surface area contributed by atoms with Gasteiger partial charge in [0.05, 0.1) is 6.20 Å². The van der Waals surface area contributed by atoms with Gasteiger partial charge in [-0.2, -0.15) is 13.5 Å². The summed E-state index contributed by atoms with van der Waals surface area (Å²) >= 11 is 0. The fourth-order valence-electron chi connectivity index (χ4n) is 3.48. The van der Waals surface area contributed by atoms with E-state index in [0.717, 1.165) is 56.1 Å². The SMILES string of the molecule is C=C1CCCC/C=C2/CCC/C2=C/1NC(=O)NS(=O)(=O)c1ccnn1C. The van der Waals surface area contributed by atoms with E-state index >= 15 is 0 Å². The smallest absolute Gasteiger partial charge is 0.307 e. The Labute approximate surface area is 153 Å². The molecule has 26 heavy (non-hydrogen) atoms. The number of amides is 2. The number of aromatic nitrogens is 2. The average molecular weight is 376 g/mol. The molecule has 8 heteroatoms. The van der Waals surface area contributed by atoms with Crippen molar-refractivity contribution >= 4 is 16.1 Å². The molecule has 0 radical (unpaired) electrons. The number of rotatable bonds is 3. The number of hydrogen-bond donors (Lipinski definition) is 2. The monoisotopic (exact) mass is 376 g/mol. The van der Waals surface area contributed by atoms with Crippen molar-refractivity contribution in [3.05, 3.63) is 47.3 Å². The van der Waals surface area contributed by atoms with Gasteiger partial charge in [-0.1, -0.05) is 12.7 Å². The molecule has 0 aliphatic heterocycles. The van der Waals surface area contributed by atoms with Gasteiger partial charge in [-0.05, 0) is 67.7 Å². The van der Waals surface area contributed by atoms with E-state index in [-0.39, 0.29) is 5.03 Å². The van der Waals surface area contributed by atoms with Gasteiger partial charge in [0.2, 0.25) is 0 Å². The summed E-state index contributed by atoms with van der Waals surface area (Å²) in [6.07, 6.45) is 10.4. The number of nitrogens with zero attached hydrogens (tertiary/aromatic N) is 2. The lowest BCUT2D eigenvalue weighted by Crippen LogP contribution is -2.40. The summed E-state index contributed by atoms with van der Waals surface area (Å²) < 4.78 is 28.0. The van der Waals surface area contributed by atoms with E-state index in [1.54, 1.807) is 0 Å². The maximum atomic E-state index is 12.4. The van der Waals surface area contributed by atoms with E-state index in [2.05, 4.69) is 27.8 Å². The predicted molar refractivity (Wildman–Crippen MR) is 98.6 cm³/mol. The molecule has 140 valence electrons. The van der Waals surface area contributed by atoms with E-state index in [1.807, 2.05) is 0 Å². The molecule has 1 saturated carbocycles. The highest BCUT2D eigenvalue weighted by atomic mass is 32.2. The molecule has 7 nitrogen and oxygen atoms in total. The van der Waals surface area contributed by atoms with Crippen molar-refractivity contribution in [2.75, 3.05) is 0 Å². The Morgan fingerprint density at radius 1 is 1.23 bits per heavy atom. The van der Waals surface area contributed by atoms with Crippen LogP contribution in [0.3, 0.4) is 0 Å². The minimum atomic E-state index is -3.99. The summed E-state index contributed by atoms with van der Waals surface area (Å²) in [4.78, 5) is 12.4. The molecule has 1 heterocycles. The second-order valence-electron chi connectivity index (χ2n) is 6.64. The second kappa shape index (κ2) is 7.49. The van der Waals surface area contributed by atoms with Crippen LogP contribution in [0.4, 0.5) is 4.79 Å². The van der Waals surface area contributed by atoms with Crippen molar-refractivity contribution < 1.29 is 13.2 Å². The Morgan fingerprint density at radius 2 is 2.04 bits per heavy atom. The molecule has 0 unspecified atom stereocenters. The van der Waals surface area contributed by atoms with Crippen LogP contribution in [0.25, 0.3) is 0 Å². The Bertz CT molecular complexity index is 893. The first-order valence-corrected chi connectivity index (χ1v) is 10.3. The molecule has 2 amide bonds. The fraction of sp³-hybridized carbons (Fsp3) is 0.444. The normalized spacial score (nSPS) is 23.3. The van der Waals surface area contributed by atoms with Crippen LogP contribution in [-0.4, -0.2) is 24.2 Å². The van der Waals surface area contributed by atoms with Crippen LogP contribution in [-0.2, 0) is 17.1 Å². The van der Waals surface area contributed by atoms with Crippen LogP contribution in [0.2, 0.25) is 0 Å². The average Bonchev–Trinajstić information content (AvgIpc) is 3.20. The highest BCUT2D eigenvalue weighted by Crippen LogP contribution is 2.36. The van der Waals surface area contributed by atoms with Crippen molar-refractivity contribution in [2.24, 2.45) is 7.05 Å². The summed E-state index contributed by atoms with van der Waals surface area (Å²) in [6.45, 7) is 4.12. The first-order chi connectivity index (χ1) is 12.4. The highest BCUT2D eigenvalue weighted by Gasteiger charge is 2.25. The lowest BCUT2D eigenvalue weighted by Gasteiger charge is -2.17. The third-order valence-corrected chi connectivity index (χ3v) is 6.16. The van der Waals surface area contributed by atoms with Gasteiger partial charge < -0.3 is 5.32 Å². The van der Waals surface area contributed by atoms with Crippen molar-refractivity contribution in [1.29, 1.82) is 0 Å². The zero-order chi connectivity index (χ0) is 18.7. The molecular weight excluding hydrogens is 352 g/mol. The van der Waals surface area contributed by atoms with Gasteiger partial charge in [-0.15, -0.1) is 0 Å². The molecule has 1 aromatic heterocycles. The van der Waals surface area contributed by atoms with Crippen molar-refractivity contribution in [3.8, 4) is 0 Å². The molecule has 2 N–H and O–H groups in total. The maximum Gasteiger partial charge on any atom is 0.333 e. The van der Waals surface area contributed by atoms with Gasteiger partial charge in [0, 0.05) is 12.7 Å². The van der Waals surface area contributed by atoms with E-state index in [4.69, 9.17) is 0 Å². The zero-order valence-corrected chi connectivity index (χ0v) is 15.7. The largest absolute Gasteiger partial charge is 0.333 e. The number of carbonyl (C=O) groups is 1. The highest BCUT2D eigenvalue weighted by molar-refractivity contribution is 7.90. The van der Waals surface area contributed by atoms with E-state index in [1.165, 1.54) is 29.6 Å². The van der Waals surface area contributed by atoms with E-state index in [9.17, 15) is 13.2 Å². The summed E-state index contributed by atoms with van der Waals surface area (Å²) in [6, 6.07) is 0.564. The van der Waals surface area contributed by atoms with Gasteiger partial charge in [0.15, 0.2) is 5.03 Å². The van der Waals surface area contributed by atoms with Crippen LogP contribution < -0.4 is 10.0 Å². The first-order valence-electron chi connectivity index (χ1n) is 8.81. The number of urea groups is 1. The quantitative estimate of drug-likeness (QED) is 0.848. The van der Waals surface area contributed by atoms with Gasteiger partial charge in [0.25, 0.3) is 10.0 Å². The summed E-state index contributed by atoms with van der Waals surface area (Å²) in [5, 5.41) is 6.51. The maximum absolute atomic E-state index is 12.4. The van der Waals surface area contributed by atoms with Gasteiger partial charge in [-0.25, -0.2) is 9.52 Å². The molecule has 1 aromatic rings. The minimum absolute atomic E-state index is 0.0694. The number of carbonyl (C=O) groups excluding carboxylic acids is 1. The summed E-state index contributed by atoms with van der Waals surface area (Å²) in [7, 11) is -2.48. The predicted octanol–water partition coefficient (Wildman–Crippen LogP) is 2.90. The van der Waals surface area contributed by atoms with Crippen molar-refractivity contribution in [1.82, 2.24) is 19.8 Å². The Balaban J connectivity index is 1.83. The van der Waals surface area contributed by atoms with Gasteiger partial charge >= 0.3 is 6.03 Å². The Morgan fingerprint density at radius 3 is 2.77 bits per heavy atom. The molecule has 0 atom stereocenters. The zero-order valence-electron chi connectivity index (χ0n) is 14.9. The van der Waals surface area contributed by atoms with Gasteiger partial charge in [0.1, 0.15) is 0 Å². The van der Waals surface area contributed by atoms with Gasteiger partial charge in [-0.3, -0.25) is 4.68 Å². The Kier molecular flexibility index (Phi) is 5.31. The third-order valence-electron chi connectivity index (χ3n) is 4.76. The number of fused-ring (bicyclic) bond motifs is 1. The van der Waals surface area contributed by atoms with Crippen molar-refractivity contribution in [3.63, 3.8) is 0 Å². The molecule has 0 bridgehead atoms. The van der Waals surface area contributed by atoms with Crippen LogP contribution in [0.15, 0.2) is 52.4 Å². The molecule has 2 aliphatic rings. The van der Waals surface area contributed by atoms with Crippen LogP contribution in [0, 0.1) is 0 Å². The summed E-state index contributed by atoms with van der Waals surface area (Å²) in [5.41, 5.74) is 3.86. The van der Waals surface area contributed by atoms with E-state index in [0.29, 0.717) is 5.70 Å². The standard InChI is InChI=1S/C18H24N4O3S/c1-13-7-4-3-5-8-14-9-6-10-15(14)17(13)20-18(23)21-26(24,25)16-11-12-19-22(16)2/h8,11-12H,1,3-7,9-10H2,2H3,(H2,20,21,23)/b14-8-,17-15+. The lowest BCUT2D eigenvalue weighted by atomic mass is 10.0. The summed E-state index contributed by atoms with van der Waals surface area (Å²) in [5.74, 6) is 0. The number of hydrogen-bond acceptors (Lipinski definition) is 4. The molecule has 0 spiro atoms. The third kappa shape index (κ3) is 3.90. The number of sulfonamides is 1. The van der Waals surface area contributed by atoms with Crippen LogP contribution in [0.1, 0.15) is 44.9 Å². The molecular formula is C18H24N4O3S.